The zero-order valence-electron chi connectivity index (χ0n) is 19.5. The zero-order chi connectivity index (χ0) is 23.6. The fourth-order valence-corrected chi connectivity index (χ4v) is 4.44. The molecule has 10 nitrogen and oxygen atoms in total. The first-order valence-corrected chi connectivity index (χ1v) is 11.2. The molecule has 3 heterocycles. The topological polar surface area (TPSA) is 111 Å². The van der Waals surface area contributed by atoms with Gasteiger partial charge in [-0.05, 0) is 19.9 Å². The van der Waals surface area contributed by atoms with E-state index in [0.29, 0.717) is 67.2 Å². The van der Waals surface area contributed by atoms with Gasteiger partial charge >= 0.3 is 5.97 Å². The van der Waals surface area contributed by atoms with Crippen molar-refractivity contribution in [2.75, 3.05) is 52.4 Å². The molecule has 10 heteroatoms. The van der Waals surface area contributed by atoms with Gasteiger partial charge in [-0.25, -0.2) is 4.79 Å². The van der Waals surface area contributed by atoms with Gasteiger partial charge in [0, 0.05) is 37.4 Å². The molecule has 0 unspecified atom stereocenters. The Kier molecular flexibility index (Phi) is 6.78. The Bertz CT molecular complexity index is 1020. The lowest BCUT2D eigenvalue weighted by Crippen LogP contribution is -2.51. The van der Waals surface area contributed by atoms with Gasteiger partial charge in [0.1, 0.15) is 5.69 Å². The van der Waals surface area contributed by atoms with Gasteiger partial charge in [0.25, 0.3) is 0 Å². The number of nitrogens with zero attached hydrogens (tertiary/aromatic N) is 1. The number of carbonyl (C=O) groups is 2. The van der Waals surface area contributed by atoms with Crippen LogP contribution in [-0.2, 0) is 19.0 Å². The van der Waals surface area contributed by atoms with Crippen LogP contribution in [0.5, 0.6) is 11.5 Å². The Morgan fingerprint density at radius 2 is 1.79 bits per heavy atom. The number of hydrogen-bond acceptors (Lipinski definition) is 8. The zero-order valence-corrected chi connectivity index (χ0v) is 19.5. The third-order valence-corrected chi connectivity index (χ3v) is 6.33. The summed E-state index contributed by atoms with van der Waals surface area (Å²) < 4.78 is 27.5. The monoisotopic (exact) mass is 461 g/mol. The Labute approximate surface area is 192 Å². The van der Waals surface area contributed by atoms with Crippen LogP contribution in [0.25, 0.3) is 10.9 Å². The molecule has 1 atom stereocenters. The van der Waals surface area contributed by atoms with Crippen molar-refractivity contribution in [2.24, 2.45) is 0 Å². The number of H-pyrrole nitrogens is 1. The Morgan fingerprint density at radius 3 is 2.39 bits per heavy atom. The molecule has 1 aromatic heterocycles. The predicted octanol–water partition coefficient (Wildman–Crippen LogP) is 2.53. The maximum absolute atomic E-state index is 13.2. The molecule has 0 saturated carbocycles. The van der Waals surface area contributed by atoms with Crippen LogP contribution in [0.1, 0.15) is 37.2 Å². The summed E-state index contributed by atoms with van der Waals surface area (Å²) in [6.07, 6.45) is 1.42. The fraction of sp³-hybridized carbons (Fsp3) is 0.565. The molecule has 4 rings (SSSR count). The summed E-state index contributed by atoms with van der Waals surface area (Å²) in [5, 5.41) is 3.57. The number of likely N-dealkylation sites (tertiary alicyclic amines) is 1. The lowest BCUT2D eigenvalue weighted by atomic mass is 10.0. The van der Waals surface area contributed by atoms with Gasteiger partial charge in [0.2, 0.25) is 5.91 Å². The van der Waals surface area contributed by atoms with Crippen molar-refractivity contribution in [3.63, 3.8) is 0 Å². The van der Waals surface area contributed by atoms with Crippen LogP contribution in [-0.4, -0.2) is 80.7 Å². The summed E-state index contributed by atoms with van der Waals surface area (Å²) in [4.78, 5) is 31.0. The summed E-state index contributed by atoms with van der Waals surface area (Å²) in [5.41, 5.74) is 1.15. The highest BCUT2D eigenvalue weighted by molar-refractivity contribution is 6.12. The minimum atomic E-state index is -0.551. The molecule has 2 saturated heterocycles. The largest absolute Gasteiger partial charge is 0.493 e. The number of piperidine rings is 1. The molecule has 33 heavy (non-hydrogen) atoms. The van der Waals surface area contributed by atoms with Gasteiger partial charge in [-0.1, -0.05) is 0 Å². The van der Waals surface area contributed by atoms with Crippen molar-refractivity contribution in [1.82, 2.24) is 9.88 Å². The second kappa shape index (κ2) is 9.58. The third kappa shape index (κ3) is 4.50. The molecular formula is C23H31N3O7. The van der Waals surface area contributed by atoms with E-state index in [1.54, 1.807) is 19.1 Å². The number of esters is 1. The molecule has 0 bridgehead atoms. The molecule has 0 aliphatic carbocycles. The van der Waals surface area contributed by atoms with Crippen molar-refractivity contribution in [3.8, 4) is 11.5 Å². The van der Waals surface area contributed by atoms with Crippen LogP contribution in [0.4, 0.5) is 5.69 Å². The number of ether oxygens (including phenoxy) is 5. The number of nitrogens with one attached hydrogen (secondary N) is 2. The van der Waals surface area contributed by atoms with Crippen LogP contribution < -0.4 is 14.8 Å². The predicted molar refractivity (Wildman–Crippen MR) is 121 cm³/mol. The average molecular weight is 462 g/mol. The SMILES string of the molecule is CCOC(=O)c1[nH]c2cc(OC)c(OC)cc2c1NC(=O)[C@@H](C)N1CCC2(CC1)OCCO2. The normalized spacial score (nSPS) is 18.9. The minimum absolute atomic E-state index is 0.174. The van der Waals surface area contributed by atoms with E-state index in [-0.39, 0.29) is 18.2 Å². The molecule has 2 aliphatic rings. The smallest absolute Gasteiger partial charge is 0.356 e. The highest BCUT2D eigenvalue weighted by Gasteiger charge is 2.41. The number of carbonyl (C=O) groups excluding carboxylic acids is 2. The van der Waals surface area contributed by atoms with E-state index in [9.17, 15) is 9.59 Å². The maximum Gasteiger partial charge on any atom is 0.356 e. The van der Waals surface area contributed by atoms with E-state index in [1.807, 2.05) is 6.92 Å². The van der Waals surface area contributed by atoms with Gasteiger partial charge in [0.05, 0.1) is 51.3 Å². The van der Waals surface area contributed by atoms with E-state index in [2.05, 4.69) is 15.2 Å². The number of aromatic amines is 1. The Balaban J connectivity index is 1.58. The molecule has 1 amide bonds. The molecule has 2 N–H and O–H groups in total. The number of amides is 1. The number of anilines is 1. The van der Waals surface area contributed by atoms with E-state index in [4.69, 9.17) is 23.7 Å². The molecule has 180 valence electrons. The van der Waals surface area contributed by atoms with Gasteiger partial charge in [-0.2, -0.15) is 0 Å². The number of aromatic nitrogens is 1. The standard InChI is InChI=1S/C23H31N3O7/c1-5-31-22(28)20-19(15-12-17(29-3)18(30-4)13-16(15)24-20)25-21(27)14(2)26-8-6-23(7-9-26)32-10-11-33-23/h12-14,24H,5-11H2,1-4H3,(H,25,27)/t14-/m1/s1. The summed E-state index contributed by atoms with van der Waals surface area (Å²) in [6.45, 7) is 6.38. The summed E-state index contributed by atoms with van der Waals surface area (Å²) in [6, 6.07) is 3.04. The lowest BCUT2D eigenvalue weighted by Gasteiger charge is -2.39. The molecule has 2 fully saturated rings. The van der Waals surface area contributed by atoms with Gasteiger partial charge < -0.3 is 34.0 Å². The molecule has 0 radical (unpaired) electrons. The van der Waals surface area contributed by atoms with E-state index in [0.717, 1.165) is 0 Å². The van der Waals surface area contributed by atoms with E-state index >= 15 is 0 Å². The molecular weight excluding hydrogens is 430 g/mol. The fourth-order valence-electron chi connectivity index (χ4n) is 4.44. The summed E-state index contributed by atoms with van der Waals surface area (Å²) >= 11 is 0. The van der Waals surface area contributed by atoms with Crippen molar-refractivity contribution < 1.29 is 33.3 Å². The van der Waals surface area contributed by atoms with E-state index in [1.165, 1.54) is 14.2 Å². The summed E-state index contributed by atoms with van der Waals surface area (Å²) in [5.74, 6) is -0.284. The quantitative estimate of drug-likeness (QED) is 0.605. The summed E-state index contributed by atoms with van der Waals surface area (Å²) in [7, 11) is 3.07. The van der Waals surface area contributed by atoms with Crippen LogP contribution >= 0.6 is 0 Å². The number of hydrogen-bond donors (Lipinski definition) is 2. The van der Waals surface area contributed by atoms with Gasteiger partial charge in [-0.15, -0.1) is 0 Å². The number of methoxy groups -OCH3 is 2. The van der Waals surface area contributed by atoms with Crippen LogP contribution in [0.2, 0.25) is 0 Å². The number of fused-ring (bicyclic) bond motifs is 1. The van der Waals surface area contributed by atoms with Crippen LogP contribution in [0.3, 0.4) is 0 Å². The van der Waals surface area contributed by atoms with Crippen molar-refractivity contribution in [1.29, 1.82) is 0 Å². The second-order valence-corrected chi connectivity index (χ2v) is 8.16. The minimum Gasteiger partial charge on any atom is -0.493 e. The Morgan fingerprint density at radius 1 is 1.15 bits per heavy atom. The molecule has 2 aliphatic heterocycles. The molecule has 1 spiro atoms. The lowest BCUT2D eigenvalue weighted by molar-refractivity contribution is -0.187. The maximum atomic E-state index is 13.2. The third-order valence-electron chi connectivity index (χ3n) is 6.33. The highest BCUT2D eigenvalue weighted by Crippen LogP contribution is 2.38. The van der Waals surface area contributed by atoms with Crippen molar-refractivity contribution in [2.45, 2.75) is 38.5 Å². The van der Waals surface area contributed by atoms with Crippen LogP contribution in [0, 0.1) is 0 Å². The van der Waals surface area contributed by atoms with Gasteiger partial charge in [-0.3, -0.25) is 9.69 Å². The Hall–Kier alpha value is -2.82. The second-order valence-electron chi connectivity index (χ2n) is 8.16. The number of benzene rings is 1. The first-order valence-electron chi connectivity index (χ1n) is 11.2. The first kappa shape index (κ1) is 23.3. The van der Waals surface area contributed by atoms with Crippen molar-refractivity contribution in [3.05, 3.63) is 17.8 Å². The first-order chi connectivity index (χ1) is 15.9. The number of rotatable bonds is 7. The average Bonchev–Trinajstić information content (AvgIpc) is 3.42. The van der Waals surface area contributed by atoms with Gasteiger partial charge in [0.15, 0.2) is 17.3 Å². The molecule has 2 aromatic rings. The van der Waals surface area contributed by atoms with Crippen LogP contribution in [0.15, 0.2) is 12.1 Å². The van der Waals surface area contributed by atoms with E-state index < -0.39 is 17.8 Å². The van der Waals surface area contributed by atoms with Crippen molar-refractivity contribution >= 4 is 28.5 Å². The molecule has 1 aromatic carbocycles. The highest BCUT2D eigenvalue weighted by atomic mass is 16.7.